The number of fused-ring (bicyclic) bond motifs is 2. The van der Waals surface area contributed by atoms with Crippen molar-refractivity contribution in [1.29, 1.82) is 0 Å². The zero-order valence-electron chi connectivity index (χ0n) is 13.4. The lowest BCUT2D eigenvalue weighted by Gasteiger charge is -2.19. The summed E-state index contributed by atoms with van der Waals surface area (Å²) >= 11 is 1.94. The second kappa shape index (κ2) is 6.98. The minimum absolute atomic E-state index is 0.565. The molecule has 120 valence electrons. The van der Waals surface area contributed by atoms with Crippen LogP contribution in [0.2, 0.25) is 0 Å². The fraction of sp³-hybridized carbons (Fsp3) is 0.400. The molecule has 0 fully saturated rings. The molecule has 0 amide bonds. The summed E-state index contributed by atoms with van der Waals surface area (Å²) in [6.45, 7) is 1.65. The summed E-state index contributed by atoms with van der Waals surface area (Å²) in [4.78, 5) is 1.37. The van der Waals surface area contributed by atoms with Gasteiger partial charge in [-0.3, -0.25) is 0 Å². The zero-order valence-corrected chi connectivity index (χ0v) is 14.2. The summed E-state index contributed by atoms with van der Waals surface area (Å²) in [5.41, 5.74) is 4.46. The van der Waals surface area contributed by atoms with Gasteiger partial charge in [-0.2, -0.15) is 0 Å². The third kappa shape index (κ3) is 3.41. The van der Waals surface area contributed by atoms with Crippen LogP contribution in [-0.2, 0) is 19.3 Å². The second-order valence-corrected chi connectivity index (χ2v) is 7.48. The molecule has 0 spiro atoms. The fourth-order valence-electron chi connectivity index (χ4n) is 3.60. The Bertz CT molecular complexity index is 660. The average molecular weight is 325 g/mol. The number of nitrogens with one attached hydrogen (secondary N) is 1. The Morgan fingerprint density at radius 1 is 1.00 bits per heavy atom. The lowest BCUT2D eigenvalue weighted by atomic mass is 10.1. The van der Waals surface area contributed by atoms with E-state index in [1.807, 2.05) is 11.8 Å². The first kappa shape index (κ1) is 15.1. The molecule has 23 heavy (non-hydrogen) atoms. The summed E-state index contributed by atoms with van der Waals surface area (Å²) in [7, 11) is 0. The first-order chi connectivity index (χ1) is 11.4. The smallest absolute Gasteiger partial charge is 0.133 e. The van der Waals surface area contributed by atoms with E-state index in [4.69, 9.17) is 4.74 Å². The van der Waals surface area contributed by atoms with Gasteiger partial charge in [0.25, 0.3) is 0 Å². The zero-order chi connectivity index (χ0) is 15.5. The first-order valence-electron chi connectivity index (χ1n) is 8.58. The summed E-state index contributed by atoms with van der Waals surface area (Å²) in [5, 5.41) is 3.65. The Labute approximate surface area is 142 Å². The molecular formula is C20H23NOS. The number of aryl methyl sites for hydroxylation is 1. The van der Waals surface area contributed by atoms with Crippen LogP contribution in [0, 0.1) is 0 Å². The minimum atomic E-state index is 0.565. The highest BCUT2D eigenvalue weighted by Gasteiger charge is 2.20. The van der Waals surface area contributed by atoms with Gasteiger partial charge >= 0.3 is 0 Å². The second-order valence-electron chi connectivity index (χ2n) is 6.37. The van der Waals surface area contributed by atoms with Crippen LogP contribution in [0.5, 0.6) is 5.75 Å². The van der Waals surface area contributed by atoms with Crippen molar-refractivity contribution in [2.75, 3.05) is 18.9 Å². The van der Waals surface area contributed by atoms with E-state index < -0.39 is 0 Å². The largest absolute Gasteiger partial charge is 0.491 e. The topological polar surface area (TPSA) is 21.3 Å². The maximum atomic E-state index is 6.06. The fourth-order valence-corrected chi connectivity index (χ4v) is 4.72. The molecule has 0 saturated carbocycles. The highest BCUT2D eigenvalue weighted by molar-refractivity contribution is 7.99. The first-order valence-corrected chi connectivity index (χ1v) is 9.56. The van der Waals surface area contributed by atoms with Gasteiger partial charge in [0.1, 0.15) is 12.4 Å². The number of benzene rings is 2. The van der Waals surface area contributed by atoms with Crippen molar-refractivity contribution in [2.45, 2.75) is 36.6 Å². The highest BCUT2D eigenvalue weighted by atomic mass is 32.2. The van der Waals surface area contributed by atoms with Gasteiger partial charge in [0, 0.05) is 12.6 Å². The summed E-state index contributed by atoms with van der Waals surface area (Å²) in [5.74, 6) is 2.29. The molecule has 2 nitrogen and oxygen atoms in total. The average Bonchev–Trinajstić information content (AvgIpc) is 3.01. The van der Waals surface area contributed by atoms with E-state index in [2.05, 4.69) is 47.8 Å². The van der Waals surface area contributed by atoms with E-state index in [0.717, 1.165) is 31.7 Å². The van der Waals surface area contributed by atoms with Crippen LogP contribution < -0.4 is 10.1 Å². The van der Waals surface area contributed by atoms with Crippen molar-refractivity contribution < 1.29 is 4.74 Å². The van der Waals surface area contributed by atoms with Gasteiger partial charge in [-0.25, -0.2) is 0 Å². The number of ether oxygens (including phenoxy) is 1. The number of thioether (sulfide) groups is 1. The molecule has 4 rings (SSSR count). The predicted octanol–water partition coefficient (Wildman–Crippen LogP) is 3.86. The van der Waals surface area contributed by atoms with Crippen molar-refractivity contribution in [1.82, 2.24) is 5.32 Å². The summed E-state index contributed by atoms with van der Waals surface area (Å²) in [6, 6.07) is 15.8. The van der Waals surface area contributed by atoms with Crippen LogP contribution in [0.1, 0.15) is 23.1 Å². The molecule has 1 aliphatic carbocycles. The van der Waals surface area contributed by atoms with Crippen LogP contribution in [-0.4, -0.2) is 24.9 Å². The maximum absolute atomic E-state index is 6.06. The van der Waals surface area contributed by atoms with Crippen LogP contribution in [0.3, 0.4) is 0 Å². The predicted molar refractivity (Wildman–Crippen MR) is 96.6 cm³/mol. The molecule has 2 aromatic carbocycles. The molecule has 2 aromatic rings. The quantitative estimate of drug-likeness (QED) is 0.844. The molecule has 0 atom stereocenters. The van der Waals surface area contributed by atoms with Crippen molar-refractivity contribution >= 4 is 11.8 Å². The van der Waals surface area contributed by atoms with Gasteiger partial charge in [-0.1, -0.05) is 36.4 Å². The van der Waals surface area contributed by atoms with Crippen LogP contribution >= 0.6 is 11.8 Å². The van der Waals surface area contributed by atoms with Crippen LogP contribution in [0.4, 0.5) is 0 Å². The number of hydrogen-bond donors (Lipinski definition) is 1. The Hall–Kier alpha value is -1.45. The minimum Gasteiger partial charge on any atom is -0.491 e. The van der Waals surface area contributed by atoms with Gasteiger partial charge in [0.2, 0.25) is 0 Å². The number of rotatable bonds is 5. The van der Waals surface area contributed by atoms with Crippen molar-refractivity contribution in [3.05, 3.63) is 59.2 Å². The summed E-state index contributed by atoms with van der Waals surface area (Å²) < 4.78 is 6.06. The molecule has 0 unspecified atom stereocenters. The van der Waals surface area contributed by atoms with E-state index in [1.54, 1.807) is 0 Å². The van der Waals surface area contributed by atoms with E-state index in [-0.39, 0.29) is 0 Å². The van der Waals surface area contributed by atoms with E-state index in [9.17, 15) is 0 Å². The molecule has 0 radical (unpaired) electrons. The summed E-state index contributed by atoms with van der Waals surface area (Å²) in [6.07, 6.45) is 4.77. The molecule has 1 aliphatic heterocycles. The molecule has 0 bridgehead atoms. The van der Waals surface area contributed by atoms with Gasteiger partial charge in [0.05, 0.1) is 4.90 Å². The SMILES string of the molecule is c1ccc2c(c1)CC(NCCOc1cccc3c1SCCC3)C2. The maximum Gasteiger partial charge on any atom is 0.133 e. The molecule has 0 saturated heterocycles. The van der Waals surface area contributed by atoms with E-state index >= 15 is 0 Å². The van der Waals surface area contributed by atoms with Gasteiger partial charge in [0.15, 0.2) is 0 Å². The molecule has 1 heterocycles. The van der Waals surface area contributed by atoms with Gasteiger partial charge < -0.3 is 10.1 Å². The lowest BCUT2D eigenvalue weighted by molar-refractivity contribution is 0.298. The van der Waals surface area contributed by atoms with E-state index in [0.29, 0.717) is 6.04 Å². The number of hydrogen-bond acceptors (Lipinski definition) is 3. The standard InChI is InChI=1S/C20H23NOS/c1-2-6-17-14-18(13-16(17)5-1)21-10-11-22-19-9-3-7-15-8-4-12-23-20(15)19/h1-3,5-7,9,18,21H,4,8,10-14H2. The molecule has 3 heteroatoms. The van der Waals surface area contributed by atoms with Crippen LogP contribution in [0.25, 0.3) is 0 Å². The van der Waals surface area contributed by atoms with Crippen LogP contribution in [0.15, 0.2) is 47.4 Å². The lowest BCUT2D eigenvalue weighted by Crippen LogP contribution is -2.33. The Kier molecular flexibility index (Phi) is 4.58. The third-order valence-corrected chi connectivity index (χ3v) is 5.99. The third-order valence-electron chi connectivity index (χ3n) is 4.74. The van der Waals surface area contributed by atoms with Crippen molar-refractivity contribution in [3.8, 4) is 5.75 Å². The Morgan fingerprint density at radius 2 is 1.78 bits per heavy atom. The van der Waals surface area contributed by atoms with Crippen molar-refractivity contribution in [2.24, 2.45) is 0 Å². The van der Waals surface area contributed by atoms with Gasteiger partial charge in [-0.05, 0) is 54.2 Å². The molecular weight excluding hydrogens is 302 g/mol. The van der Waals surface area contributed by atoms with Gasteiger partial charge in [-0.15, -0.1) is 11.8 Å². The monoisotopic (exact) mass is 325 g/mol. The Morgan fingerprint density at radius 3 is 2.61 bits per heavy atom. The molecule has 0 aromatic heterocycles. The van der Waals surface area contributed by atoms with Crippen molar-refractivity contribution in [3.63, 3.8) is 0 Å². The molecule has 1 N–H and O–H groups in total. The Balaban J connectivity index is 1.27. The normalized spacial score (nSPS) is 16.9. The van der Waals surface area contributed by atoms with E-state index in [1.165, 1.54) is 40.2 Å². The molecule has 2 aliphatic rings. The highest BCUT2D eigenvalue weighted by Crippen LogP contribution is 2.37.